The monoisotopic (exact) mass is 592 g/mol. The van der Waals surface area contributed by atoms with E-state index < -0.39 is 23.8 Å². The fourth-order valence-corrected chi connectivity index (χ4v) is 5.28. The highest BCUT2D eigenvalue weighted by molar-refractivity contribution is 5.87. The van der Waals surface area contributed by atoms with Gasteiger partial charge in [0, 0.05) is 18.9 Å². The molecule has 0 radical (unpaired) electrons. The maximum Gasteiger partial charge on any atom is 0.249 e. The number of amides is 2. The highest BCUT2D eigenvalue weighted by Crippen LogP contribution is 2.30. The smallest absolute Gasteiger partial charge is 0.249 e. The fraction of sp³-hybridized carbons (Fsp3) is 0.452. The van der Waals surface area contributed by atoms with Gasteiger partial charge < -0.3 is 37.9 Å². The number of aliphatic imine (C=N–C) groups is 1. The lowest BCUT2D eigenvalue weighted by atomic mass is 9.80. The zero-order valence-electron chi connectivity index (χ0n) is 25.0. The van der Waals surface area contributed by atoms with Gasteiger partial charge in [0.1, 0.15) is 11.8 Å². The van der Waals surface area contributed by atoms with Gasteiger partial charge in [-0.3, -0.25) is 14.6 Å². The average molecular weight is 593 g/mol. The number of carbonyl (C=O) groups is 2. The molecule has 232 valence electrons. The lowest BCUT2D eigenvalue weighted by molar-refractivity contribution is -0.134. The summed E-state index contributed by atoms with van der Waals surface area (Å²) in [6.07, 6.45) is 3.46. The van der Waals surface area contributed by atoms with Gasteiger partial charge in [-0.2, -0.15) is 4.98 Å². The van der Waals surface area contributed by atoms with Crippen LogP contribution in [0, 0.1) is 25.7 Å². The lowest BCUT2D eigenvalue weighted by Gasteiger charge is -2.27. The number of aromatic nitrogens is 2. The molecule has 0 saturated carbocycles. The van der Waals surface area contributed by atoms with E-state index in [2.05, 4.69) is 20.4 Å². The van der Waals surface area contributed by atoms with Gasteiger partial charge in [0.05, 0.1) is 5.92 Å². The summed E-state index contributed by atoms with van der Waals surface area (Å²) in [6, 6.07) is 12.5. The average Bonchev–Trinajstić information content (AvgIpc) is 3.41. The zero-order valence-corrected chi connectivity index (χ0v) is 25.0. The number of unbranched alkanes of at least 4 members (excludes halogenated alkanes) is 1. The summed E-state index contributed by atoms with van der Waals surface area (Å²) in [4.78, 5) is 35.5. The van der Waals surface area contributed by atoms with E-state index in [4.69, 9.17) is 27.5 Å². The first kappa shape index (κ1) is 33.1. The van der Waals surface area contributed by atoms with Crippen LogP contribution in [-0.4, -0.2) is 46.1 Å². The summed E-state index contributed by atoms with van der Waals surface area (Å²) in [5, 5.41) is 17.3. The van der Waals surface area contributed by atoms with Crippen LogP contribution in [0.25, 0.3) is 0 Å². The third kappa shape index (κ3) is 10.1. The predicted molar refractivity (Wildman–Crippen MR) is 165 cm³/mol. The number of primary amides is 1. The SMILES string of the molecule is Cc1cc(O)cc(C)c1C[C@@H](C(=O)N[C@@H](CCCCN)c1nc(Cc2ccccc2)no1)C(CCCN=C(N)N)C(N)=O. The van der Waals surface area contributed by atoms with Crippen molar-refractivity contribution in [3.05, 3.63) is 76.4 Å². The van der Waals surface area contributed by atoms with Gasteiger partial charge in [0.15, 0.2) is 11.8 Å². The Hall–Kier alpha value is -4.45. The number of phenolic OH excluding ortho intramolecular Hbond substituents is 1. The first-order valence-corrected chi connectivity index (χ1v) is 14.6. The molecule has 2 amide bonds. The molecule has 0 fully saturated rings. The van der Waals surface area contributed by atoms with Crippen molar-refractivity contribution in [3.63, 3.8) is 0 Å². The Bertz CT molecular complexity index is 1350. The number of aromatic hydroxyl groups is 1. The zero-order chi connectivity index (χ0) is 31.4. The minimum atomic E-state index is -0.817. The molecule has 0 spiro atoms. The van der Waals surface area contributed by atoms with Crippen LogP contribution in [-0.2, 0) is 22.4 Å². The van der Waals surface area contributed by atoms with E-state index in [-0.39, 0.29) is 29.9 Å². The van der Waals surface area contributed by atoms with E-state index in [1.807, 2.05) is 44.2 Å². The number of nitrogens with zero attached hydrogens (tertiary/aromatic N) is 3. The topological polar surface area (TPSA) is 222 Å². The Morgan fingerprint density at radius 2 is 1.70 bits per heavy atom. The maximum absolute atomic E-state index is 14.1. The van der Waals surface area contributed by atoms with E-state index >= 15 is 0 Å². The van der Waals surface area contributed by atoms with Crippen LogP contribution in [0.4, 0.5) is 0 Å². The number of aryl methyl sites for hydroxylation is 2. The molecular formula is C31H44N8O4. The number of carbonyl (C=O) groups excluding carboxylic acids is 2. The molecule has 0 aliphatic rings. The molecule has 3 aromatic rings. The van der Waals surface area contributed by atoms with Gasteiger partial charge in [-0.15, -0.1) is 0 Å². The Kier molecular flexibility index (Phi) is 12.5. The van der Waals surface area contributed by atoms with Gasteiger partial charge in [0.25, 0.3) is 0 Å². The number of nitrogens with two attached hydrogens (primary N) is 4. The molecule has 1 heterocycles. The molecule has 3 rings (SSSR count). The van der Waals surface area contributed by atoms with E-state index in [1.54, 1.807) is 12.1 Å². The molecule has 10 N–H and O–H groups in total. The minimum Gasteiger partial charge on any atom is -0.508 e. The summed E-state index contributed by atoms with van der Waals surface area (Å²) in [7, 11) is 0. The lowest BCUT2D eigenvalue weighted by Crippen LogP contribution is -2.43. The van der Waals surface area contributed by atoms with Gasteiger partial charge >= 0.3 is 0 Å². The normalized spacial score (nSPS) is 13.2. The minimum absolute atomic E-state index is 0.0493. The first-order valence-electron chi connectivity index (χ1n) is 14.6. The van der Waals surface area contributed by atoms with Crippen LogP contribution < -0.4 is 28.3 Å². The van der Waals surface area contributed by atoms with Crippen LogP contribution in [0.1, 0.15) is 72.1 Å². The third-order valence-electron chi connectivity index (χ3n) is 7.51. The molecule has 1 aromatic heterocycles. The second-order valence-electron chi connectivity index (χ2n) is 10.9. The Morgan fingerprint density at radius 3 is 2.33 bits per heavy atom. The van der Waals surface area contributed by atoms with Crippen molar-refractivity contribution in [2.45, 2.75) is 64.8 Å². The number of nitrogens with one attached hydrogen (secondary N) is 1. The fourth-order valence-electron chi connectivity index (χ4n) is 5.28. The highest BCUT2D eigenvalue weighted by atomic mass is 16.5. The number of rotatable bonds is 17. The summed E-state index contributed by atoms with van der Waals surface area (Å²) in [6.45, 7) is 4.52. The standard InChI is InChI=1S/C31H44N8O4/c1-19-15-22(40)16-20(2)24(19)18-25(23(28(33)41)11-8-14-36-31(34)35)29(42)37-26(12-6-7-13-32)30-38-27(39-43-30)17-21-9-4-3-5-10-21/h3-5,9-10,15-16,23,25-26,40H,6-8,11-14,17-18,32H2,1-2H3,(H2,33,41)(H,37,42)(H4,34,35,36)/t23?,25-,26+/m1/s1. The molecule has 2 aromatic carbocycles. The largest absolute Gasteiger partial charge is 0.508 e. The number of hydrogen-bond acceptors (Lipinski definition) is 8. The van der Waals surface area contributed by atoms with Gasteiger partial charge in [-0.1, -0.05) is 35.5 Å². The molecular weight excluding hydrogens is 548 g/mol. The molecule has 0 aliphatic heterocycles. The third-order valence-corrected chi connectivity index (χ3v) is 7.51. The number of phenols is 1. The van der Waals surface area contributed by atoms with Gasteiger partial charge in [0.2, 0.25) is 17.7 Å². The second kappa shape index (κ2) is 16.3. The Morgan fingerprint density at radius 1 is 1.00 bits per heavy atom. The Balaban J connectivity index is 1.91. The summed E-state index contributed by atoms with van der Waals surface area (Å²) >= 11 is 0. The van der Waals surface area contributed by atoms with Crippen molar-refractivity contribution < 1.29 is 19.2 Å². The quantitative estimate of drug-likeness (QED) is 0.0767. The molecule has 43 heavy (non-hydrogen) atoms. The summed E-state index contributed by atoms with van der Waals surface area (Å²) in [5.74, 6) is -1.71. The van der Waals surface area contributed by atoms with E-state index in [9.17, 15) is 14.7 Å². The van der Waals surface area contributed by atoms with Crippen molar-refractivity contribution in [3.8, 4) is 5.75 Å². The molecule has 0 aliphatic carbocycles. The number of hydrogen-bond donors (Lipinski definition) is 6. The van der Waals surface area contributed by atoms with E-state index in [0.29, 0.717) is 44.6 Å². The second-order valence-corrected chi connectivity index (χ2v) is 10.9. The number of guanidine groups is 1. The molecule has 3 atom stereocenters. The van der Waals surface area contributed by atoms with Crippen molar-refractivity contribution in [1.82, 2.24) is 15.5 Å². The molecule has 1 unspecified atom stereocenters. The summed E-state index contributed by atoms with van der Waals surface area (Å²) < 4.78 is 5.62. The molecule has 12 nitrogen and oxygen atoms in total. The van der Waals surface area contributed by atoms with Crippen LogP contribution in [0.5, 0.6) is 5.75 Å². The van der Waals surface area contributed by atoms with Crippen molar-refractivity contribution in [2.24, 2.45) is 39.8 Å². The predicted octanol–water partition coefficient (Wildman–Crippen LogP) is 2.28. The number of benzene rings is 2. The van der Waals surface area contributed by atoms with Crippen LogP contribution in [0.15, 0.2) is 52.0 Å². The van der Waals surface area contributed by atoms with Crippen molar-refractivity contribution >= 4 is 17.8 Å². The Labute approximate surface area is 252 Å². The van der Waals surface area contributed by atoms with Crippen LogP contribution in [0.3, 0.4) is 0 Å². The van der Waals surface area contributed by atoms with Gasteiger partial charge in [-0.05, 0) is 93.3 Å². The first-order chi connectivity index (χ1) is 20.6. The maximum atomic E-state index is 14.1. The van der Waals surface area contributed by atoms with E-state index in [0.717, 1.165) is 35.1 Å². The molecule has 0 saturated heterocycles. The van der Waals surface area contributed by atoms with Crippen molar-refractivity contribution in [1.29, 1.82) is 0 Å². The molecule has 12 heteroatoms. The van der Waals surface area contributed by atoms with Crippen molar-refractivity contribution in [2.75, 3.05) is 13.1 Å². The molecule has 0 bridgehead atoms. The summed E-state index contributed by atoms with van der Waals surface area (Å²) in [5.41, 5.74) is 26.0. The van der Waals surface area contributed by atoms with E-state index in [1.165, 1.54) is 0 Å². The van der Waals surface area contributed by atoms with Gasteiger partial charge in [-0.25, -0.2) is 0 Å². The van der Waals surface area contributed by atoms with Crippen LogP contribution in [0.2, 0.25) is 0 Å². The highest BCUT2D eigenvalue weighted by Gasteiger charge is 2.35. The van der Waals surface area contributed by atoms with Crippen LogP contribution >= 0.6 is 0 Å².